The van der Waals surface area contributed by atoms with Crippen LogP contribution in [-0.4, -0.2) is 148 Å². The highest BCUT2D eigenvalue weighted by Gasteiger charge is 2.23. The summed E-state index contributed by atoms with van der Waals surface area (Å²) < 4.78 is 21.8. The van der Waals surface area contributed by atoms with Crippen molar-refractivity contribution in [3.05, 3.63) is 0 Å². The fourth-order valence-corrected chi connectivity index (χ4v) is 7.27. The van der Waals surface area contributed by atoms with Crippen LogP contribution in [-0.2, 0) is 38.1 Å². The molecule has 2 unspecified atom stereocenters. The molecule has 0 amide bonds. The lowest BCUT2D eigenvalue weighted by Crippen LogP contribution is -2.42. The zero-order valence-electron chi connectivity index (χ0n) is 40.9. The quantitative estimate of drug-likeness (QED) is 0.0343. The molecule has 0 aliphatic heterocycles. The number of carbonyl (C=O) groups is 4. The molecule has 0 aromatic rings. The van der Waals surface area contributed by atoms with Gasteiger partial charge in [-0.3, -0.25) is 9.59 Å². The third-order valence-electron chi connectivity index (χ3n) is 11.6. The van der Waals surface area contributed by atoms with Crippen molar-refractivity contribution in [2.24, 2.45) is 11.8 Å². The number of nitrogens with zero attached hydrogens (tertiary/aromatic N) is 3. The fourth-order valence-electron chi connectivity index (χ4n) is 7.27. The van der Waals surface area contributed by atoms with Gasteiger partial charge in [0.25, 0.3) is 0 Å². The smallest absolute Gasteiger partial charge is 0.336 e. The second-order valence-corrected chi connectivity index (χ2v) is 17.7. The topological polar surface area (TPSA) is 155 Å². The molecule has 0 rings (SSSR count). The summed E-state index contributed by atoms with van der Waals surface area (Å²) >= 11 is 0. The Morgan fingerprint density at radius 1 is 0.371 bits per heavy atom. The van der Waals surface area contributed by atoms with Crippen LogP contribution in [0.15, 0.2) is 0 Å². The highest BCUT2D eigenvalue weighted by Crippen LogP contribution is 2.21. The SMILES string of the molecule is CCCCCCC(CCCCCC)C(=O)OCCCCOC(=O)C(O)CN(C)CCN(C)CCN(C)CC(O)C(=O)OCCCCOC(=O)C(CCCCCC)CCCCCC. The molecule has 0 saturated carbocycles. The molecule has 0 heterocycles. The minimum atomic E-state index is -1.26. The Bertz CT molecular complexity index is 992. The third kappa shape index (κ3) is 34.1. The summed E-state index contributed by atoms with van der Waals surface area (Å²) in [6, 6.07) is 0. The maximum Gasteiger partial charge on any atom is 0.336 e. The number of likely N-dealkylation sites (N-methyl/N-ethyl adjacent to an activating group) is 3. The van der Waals surface area contributed by atoms with Crippen molar-refractivity contribution in [2.45, 2.75) is 194 Å². The van der Waals surface area contributed by atoms with Gasteiger partial charge in [0, 0.05) is 39.3 Å². The molecule has 0 aliphatic rings. The van der Waals surface area contributed by atoms with Crippen molar-refractivity contribution in [3.63, 3.8) is 0 Å². The molecule has 62 heavy (non-hydrogen) atoms. The minimum absolute atomic E-state index is 0.0341. The largest absolute Gasteiger partial charge is 0.465 e. The lowest BCUT2D eigenvalue weighted by atomic mass is 9.94. The average molecular weight is 886 g/mol. The number of esters is 4. The molecule has 0 saturated heterocycles. The second kappa shape index (κ2) is 41.4. The van der Waals surface area contributed by atoms with Gasteiger partial charge in [-0.15, -0.1) is 0 Å². The lowest BCUT2D eigenvalue weighted by molar-refractivity contribution is -0.155. The van der Waals surface area contributed by atoms with Gasteiger partial charge in [-0.05, 0) is 72.5 Å². The number of unbranched alkanes of at least 4 members (excludes halogenated alkanes) is 14. The summed E-state index contributed by atoms with van der Waals surface area (Å²) in [5.74, 6) is -1.60. The van der Waals surface area contributed by atoms with Crippen molar-refractivity contribution in [2.75, 3.05) is 86.8 Å². The number of rotatable bonds is 44. The summed E-state index contributed by atoms with van der Waals surface area (Å²) in [4.78, 5) is 56.2. The molecule has 13 nitrogen and oxygen atoms in total. The molecule has 2 atom stereocenters. The van der Waals surface area contributed by atoms with Crippen LogP contribution in [0.25, 0.3) is 0 Å². The van der Waals surface area contributed by atoms with Crippen LogP contribution in [0, 0.1) is 11.8 Å². The van der Waals surface area contributed by atoms with Gasteiger partial charge in [0.1, 0.15) is 0 Å². The molecule has 0 aromatic heterocycles. The maximum atomic E-state index is 12.8. The molecule has 0 aromatic carbocycles. The van der Waals surface area contributed by atoms with Crippen molar-refractivity contribution in [1.29, 1.82) is 0 Å². The van der Waals surface area contributed by atoms with Gasteiger partial charge in [-0.25, -0.2) is 9.59 Å². The van der Waals surface area contributed by atoms with E-state index in [1.54, 1.807) is 0 Å². The van der Waals surface area contributed by atoms with Crippen LogP contribution in [0.3, 0.4) is 0 Å². The van der Waals surface area contributed by atoms with Gasteiger partial charge in [-0.1, -0.05) is 130 Å². The van der Waals surface area contributed by atoms with E-state index in [0.717, 1.165) is 77.0 Å². The average Bonchev–Trinajstić information content (AvgIpc) is 3.25. The molecular formula is C49H95N3O10. The van der Waals surface area contributed by atoms with Crippen molar-refractivity contribution >= 4 is 23.9 Å². The van der Waals surface area contributed by atoms with E-state index < -0.39 is 24.1 Å². The van der Waals surface area contributed by atoms with Crippen LogP contribution in [0.2, 0.25) is 0 Å². The van der Waals surface area contributed by atoms with Crippen LogP contribution in [0.1, 0.15) is 182 Å². The molecule has 0 bridgehead atoms. The number of ether oxygens (including phenoxy) is 4. The molecule has 0 fully saturated rings. The Morgan fingerprint density at radius 3 is 0.903 bits per heavy atom. The fraction of sp³-hybridized carbons (Fsp3) is 0.918. The van der Waals surface area contributed by atoms with Gasteiger partial charge >= 0.3 is 23.9 Å². The van der Waals surface area contributed by atoms with Crippen molar-refractivity contribution in [1.82, 2.24) is 14.7 Å². The predicted octanol–water partition coefficient (Wildman–Crippen LogP) is 8.35. The van der Waals surface area contributed by atoms with Crippen LogP contribution >= 0.6 is 0 Å². The zero-order valence-corrected chi connectivity index (χ0v) is 40.9. The Morgan fingerprint density at radius 2 is 0.629 bits per heavy atom. The molecule has 13 heteroatoms. The van der Waals surface area contributed by atoms with E-state index in [9.17, 15) is 29.4 Å². The molecule has 2 N–H and O–H groups in total. The Labute approximate surface area is 378 Å². The zero-order chi connectivity index (χ0) is 46.2. The number of aliphatic hydroxyl groups excluding tert-OH is 2. The van der Waals surface area contributed by atoms with E-state index >= 15 is 0 Å². The monoisotopic (exact) mass is 886 g/mol. The third-order valence-corrected chi connectivity index (χ3v) is 11.6. The number of hydrogen-bond acceptors (Lipinski definition) is 13. The second-order valence-electron chi connectivity index (χ2n) is 17.7. The summed E-state index contributed by atoms with van der Waals surface area (Å²) in [5.41, 5.74) is 0. The highest BCUT2D eigenvalue weighted by molar-refractivity contribution is 5.75. The van der Waals surface area contributed by atoms with Gasteiger partial charge in [0.05, 0.1) is 38.3 Å². The first kappa shape index (κ1) is 59.7. The number of aliphatic hydroxyl groups is 2. The van der Waals surface area contributed by atoms with E-state index in [-0.39, 0.29) is 50.1 Å². The summed E-state index contributed by atoms with van der Waals surface area (Å²) in [7, 11) is 5.64. The Hall–Kier alpha value is -2.32. The molecule has 0 radical (unpaired) electrons. The normalized spacial score (nSPS) is 12.7. The standard InChI is InChI=1S/C49H95N3O10/c1-8-12-16-20-28-42(29-21-17-13-9-2)46(55)59-36-24-26-38-61-48(57)44(53)40-51(6)34-32-50(5)33-35-52(7)41-45(54)49(58)62-39-27-25-37-60-47(56)43(30-22-18-14-10-3)31-23-19-15-11-4/h42-45,53-54H,8-41H2,1-7H3. The number of hydrogen-bond donors (Lipinski definition) is 2. The Kier molecular flexibility index (Phi) is 39.8. The van der Waals surface area contributed by atoms with Crippen LogP contribution in [0.4, 0.5) is 0 Å². The molecule has 0 aliphatic carbocycles. The van der Waals surface area contributed by atoms with E-state index in [2.05, 4.69) is 32.6 Å². The lowest BCUT2D eigenvalue weighted by Gasteiger charge is -2.26. The van der Waals surface area contributed by atoms with Gasteiger partial charge in [-0.2, -0.15) is 0 Å². The molecule has 0 spiro atoms. The van der Waals surface area contributed by atoms with Gasteiger partial charge < -0.3 is 43.9 Å². The summed E-state index contributed by atoms with van der Waals surface area (Å²) in [6.45, 7) is 12.5. The van der Waals surface area contributed by atoms with Gasteiger partial charge in [0.2, 0.25) is 0 Å². The van der Waals surface area contributed by atoms with Crippen LogP contribution in [0.5, 0.6) is 0 Å². The predicted molar refractivity (Wildman–Crippen MR) is 249 cm³/mol. The molecular weight excluding hydrogens is 791 g/mol. The first-order valence-corrected chi connectivity index (χ1v) is 25.0. The highest BCUT2D eigenvalue weighted by atomic mass is 16.6. The maximum absolute atomic E-state index is 12.8. The minimum Gasteiger partial charge on any atom is -0.465 e. The van der Waals surface area contributed by atoms with Crippen molar-refractivity contribution < 1.29 is 48.3 Å². The van der Waals surface area contributed by atoms with E-state index in [1.807, 2.05) is 30.9 Å². The number of carbonyl (C=O) groups excluding carboxylic acids is 4. The molecule has 366 valence electrons. The van der Waals surface area contributed by atoms with E-state index in [1.165, 1.54) is 51.4 Å². The summed E-state index contributed by atoms with van der Waals surface area (Å²) in [6.07, 6.45) is 21.6. The van der Waals surface area contributed by atoms with Gasteiger partial charge in [0.15, 0.2) is 12.2 Å². The van der Waals surface area contributed by atoms with E-state index in [4.69, 9.17) is 18.9 Å². The first-order chi connectivity index (χ1) is 29.9. The first-order valence-electron chi connectivity index (χ1n) is 25.0. The van der Waals surface area contributed by atoms with E-state index in [0.29, 0.717) is 65.1 Å². The summed E-state index contributed by atoms with van der Waals surface area (Å²) in [5, 5.41) is 20.8. The Balaban J connectivity index is 4.23. The van der Waals surface area contributed by atoms with Crippen molar-refractivity contribution in [3.8, 4) is 0 Å². The van der Waals surface area contributed by atoms with Crippen LogP contribution < -0.4 is 0 Å².